The third-order valence-electron chi connectivity index (χ3n) is 3.94. The van der Waals surface area contributed by atoms with E-state index < -0.39 is 0 Å². The van der Waals surface area contributed by atoms with E-state index in [0.29, 0.717) is 12.0 Å². The Labute approximate surface area is 127 Å². The van der Waals surface area contributed by atoms with Gasteiger partial charge in [0.2, 0.25) is 0 Å². The van der Waals surface area contributed by atoms with Gasteiger partial charge in [-0.1, -0.05) is 41.7 Å². The molecule has 4 rings (SSSR count). The molecule has 0 aliphatic carbocycles. The summed E-state index contributed by atoms with van der Waals surface area (Å²) in [6, 6.07) is 13.1. The van der Waals surface area contributed by atoms with Crippen molar-refractivity contribution in [1.29, 1.82) is 0 Å². The first kappa shape index (κ1) is 12.7. The number of fused-ring (bicyclic) bond motifs is 1. The van der Waals surface area contributed by atoms with Gasteiger partial charge in [-0.15, -0.1) is 0 Å². The first-order valence-electron chi connectivity index (χ1n) is 7.13. The van der Waals surface area contributed by atoms with E-state index in [1.54, 1.807) is 11.3 Å². The van der Waals surface area contributed by atoms with Gasteiger partial charge < -0.3 is 10.6 Å². The van der Waals surface area contributed by atoms with E-state index in [-0.39, 0.29) is 0 Å². The first-order chi connectivity index (χ1) is 10.4. The zero-order chi connectivity index (χ0) is 14.1. The molecule has 2 N–H and O–H groups in total. The van der Waals surface area contributed by atoms with Gasteiger partial charge in [-0.25, -0.2) is 4.98 Å². The zero-order valence-corrected chi connectivity index (χ0v) is 12.3. The van der Waals surface area contributed by atoms with Crippen LogP contribution in [0.5, 0.6) is 0 Å². The van der Waals surface area contributed by atoms with Crippen LogP contribution in [0.4, 0.5) is 5.13 Å². The van der Waals surface area contributed by atoms with Gasteiger partial charge in [-0.2, -0.15) is 0 Å². The highest BCUT2D eigenvalue weighted by atomic mass is 32.1. The average molecular weight is 296 g/mol. The highest BCUT2D eigenvalue weighted by Gasteiger charge is 2.28. The molecule has 5 heteroatoms. The number of pyridine rings is 1. The third kappa shape index (κ3) is 2.50. The van der Waals surface area contributed by atoms with E-state index in [1.165, 1.54) is 10.3 Å². The number of hydrogen-bond acceptors (Lipinski definition) is 5. The molecule has 1 fully saturated rings. The van der Waals surface area contributed by atoms with Crippen LogP contribution in [-0.2, 0) is 0 Å². The van der Waals surface area contributed by atoms with Gasteiger partial charge in [-0.05, 0) is 11.6 Å². The summed E-state index contributed by atoms with van der Waals surface area (Å²) in [6.45, 7) is 1.97. The molecule has 2 atom stereocenters. The van der Waals surface area contributed by atoms with Crippen LogP contribution >= 0.6 is 11.3 Å². The van der Waals surface area contributed by atoms with Crippen LogP contribution in [0.1, 0.15) is 11.5 Å². The Hall–Kier alpha value is -1.98. The quantitative estimate of drug-likeness (QED) is 0.780. The summed E-state index contributed by atoms with van der Waals surface area (Å²) in [7, 11) is 0. The van der Waals surface area contributed by atoms with Crippen LogP contribution in [0.2, 0.25) is 0 Å². The summed E-state index contributed by atoms with van der Waals surface area (Å²) >= 11 is 1.69. The van der Waals surface area contributed by atoms with E-state index in [0.717, 1.165) is 23.7 Å². The topological polar surface area (TPSA) is 49.8 Å². The minimum Gasteiger partial charge on any atom is -0.357 e. The predicted molar refractivity (Wildman–Crippen MR) is 86.9 cm³/mol. The second-order valence-corrected chi connectivity index (χ2v) is 6.32. The normalized spacial score (nSPS) is 21.7. The van der Waals surface area contributed by atoms with E-state index in [9.17, 15) is 0 Å². The van der Waals surface area contributed by atoms with Gasteiger partial charge >= 0.3 is 0 Å². The number of nitrogens with one attached hydrogen (secondary N) is 2. The monoisotopic (exact) mass is 296 g/mol. The van der Waals surface area contributed by atoms with Crippen molar-refractivity contribution in [2.24, 2.45) is 0 Å². The molecule has 3 heterocycles. The van der Waals surface area contributed by atoms with Crippen LogP contribution in [-0.4, -0.2) is 29.1 Å². The molecule has 3 aromatic rings. The van der Waals surface area contributed by atoms with Crippen LogP contribution in [0.3, 0.4) is 0 Å². The molecule has 0 spiro atoms. The van der Waals surface area contributed by atoms with Crippen LogP contribution in [0.15, 0.2) is 48.8 Å². The minimum absolute atomic E-state index is 0.376. The largest absolute Gasteiger partial charge is 0.357 e. The minimum atomic E-state index is 0.376. The molecular formula is C16H16N4S. The lowest BCUT2D eigenvalue weighted by Crippen LogP contribution is -2.26. The van der Waals surface area contributed by atoms with Crippen molar-refractivity contribution in [2.75, 3.05) is 18.4 Å². The van der Waals surface area contributed by atoms with E-state index >= 15 is 0 Å². The molecule has 0 amide bonds. The fraction of sp³-hybridized carbons (Fsp3) is 0.250. The lowest BCUT2D eigenvalue weighted by molar-refractivity contribution is 0.692. The number of thiazole rings is 1. The van der Waals surface area contributed by atoms with Gasteiger partial charge in [0.15, 0.2) is 5.13 Å². The summed E-state index contributed by atoms with van der Waals surface area (Å²) in [5.41, 5.74) is 2.34. The van der Waals surface area contributed by atoms with Gasteiger partial charge in [0, 0.05) is 31.2 Å². The Morgan fingerprint density at radius 1 is 1.14 bits per heavy atom. The molecule has 1 saturated heterocycles. The van der Waals surface area contributed by atoms with Crippen molar-refractivity contribution in [1.82, 2.24) is 15.3 Å². The summed E-state index contributed by atoms with van der Waals surface area (Å²) in [5.74, 6) is 0.483. The standard InChI is InChI=1S/C16H16N4S/c1-2-4-11(5-3-1)12-8-18-9-13(12)19-16-20-14-10-17-7-6-15(14)21-16/h1-7,10,12-13,18H,8-9H2,(H,19,20). The molecule has 0 bridgehead atoms. The number of rotatable bonds is 3. The number of nitrogens with zero attached hydrogens (tertiary/aromatic N) is 2. The highest BCUT2D eigenvalue weighted by Crippen LogP contribution is 2.29. The van der Waals surface area contributed by atoms with Crippen molar-refractivity contribution in [3.63, 3.8) is 0 Å². The van der Waals surface area contributed by atoms with E-state index in [1.807, 2.05) is 18.5 Å². The molecule has 4 nitrogen and oxygen atoms in total. The van der Waals surface area contributed by atoms with Crippen LogP contribution in [0, 0.1) is 0 Å². The average Bonchev–Trinajstić information content (AvgIpc) is 3.14. The Kier molecular flexibility index (Phi) is 3.29. The smallest absolute Gasteiger partial charge is 0.184 e. The lowest BCUT2D eigenvalue weighted by atomic mass is 9.94. The molecular weight excluding hydrogens is 280 g/mol. The van der Waals surface area contributed by atoms with Gasteiger partial charge in [-0.3, -0.25) is 4.98 Å². The second-order valence-electron chi connectivity index (χ2n) is 5.29. The molecule has 0 saturated carbocycles. The maximum atomic E-state index is 4.62. The Balaban J connectivity index is 1.58. The van der Waals surface area contributed by atoms with Gasteiger partial charge in [0.1, 0.15) is 5.52 Å². The molecule has 1 aromatic carbocycles. The van der Waals surface area contributed by atoms with E-state index in [4.69, 9.17) is 0 Å². The molecule has 2 aromatic heterocycles. The van der Waals surface area contributed by atoms with Crippen LogP contribution < -0.4 is 10.6 Å². The molecule has 1 aliphatic rings. The number of anilines is 1. The number of aromatic nitrogens is 2. The SMILES string of the molecule is c1ccc(C2CNCC2Nc2nc3cnccc3s2)cc1. The summed E-state index contributed by atoms with van der Waals surface area (Å²) < 4.78 is 1.18. The number of benzene rings is 1. The molecule has 0 radical (unpaired) electrons. The molecule has 1 aliphatic heterocycles. The summed E-state index contributed by atoms with van der Waals surface area (Å²) in [5, 5.41) is 8.05. The summed E-state index contributed by atoms with van der Waals surface area (Å²) in [6.07, 6.45) is 3.63. The van der Waals surface area contributed by atoms with Gasteiger partial charge in [0.05, 0.1) is 10.9 Å². The predicted octanol–water partition coefficient (Wildman–Crippen LogP) is 2.86. The van der Waals surface area contributed by atoms with Crippen molar-refractivity contribution in [3.05, 3.63) is 54.4 Å². The zero-order valence-electron chi connectivity index (χ0n) is 11.5. The lowest BCUT2D eigenvalue weighted by Gasteiger charge is -2.19. The van der Waals surface area contributed by atoms with Crippen LogP contribution in [0.25, 0.3) is 10.2 Å². The first-order valence-corrected chi connectivity index (χ1v) is 7.94. The second kappa shape index (κ2) is 5.42. The van der Waals surface area contributed by atoms with Crippen molar-refractivity contribution < 1.29 is 0 Å². The highest BCUT2D eigenvalue weighted by molar-refractivity contribution is 7.22. The molecule has 21 heavy (non-hydrogen) atoms. The fourth-order valence-corrected chi connectivity index (χ4v) is 3.78. The third-order valence-corrected chi connectivity index (χ3v) is 4.91. The van der Waals surface area contributed by atoms with Crippen molar-refractivity contribution >= 4 is 26.7 Å². The van der Waals surface area contributed by atoms with Crippen molar-refractivity contribution in [3.8, 4) is 0 Å². The van der Waals surface area contributed by atoms with Crippen molar-refractivity contribution in [2.45, 2.75) is 12.0 Å². The fourth-order valence-electron chi connectivity index (χ4n) is 2.88. The number of hydrogen-bond donors (Lipinski definition) is 2. The Morgan fingerprint density at radius 2 is 2.05 bits per heavy atom. The molecule has 106 valence electrons. The van der Waals surface area contributed by atoms with E-state index in [2.05, 4.69) is 50.9 Å². The molecule has 2 unspecified atom stereocenters. The maximum Gasteiger partial charge on any atom is 0.184 e. The summed E-state index contributed by atoms with van der Waals surface area (Å²) in [4.78, 5) is 8.75. The Bertz CT molecular complexity index is 707. The maximum absolute atomic E-state index is 4.62. The Morgan fingerprint density at radius 3 is 2.90 bits per heavy atom. The van der Waals surface area contributed by atoms with Gasteiger partial charge in [0.25, 0.3) is 0 Å².